The van der Waals surface area contributed by atoms with Crippen molar-refractivity contribution in [1.82, 2.24) is 25.9 Å². The number of nitrogens with zero attached hydrogens (tertiary/aromatic N) is 4. The molecule has 9 heteroatoms. The molecule has 41 heavy (non-hydrogen) atoms. The van der Waals surface area contributed by atoms with Crippen molar-refractivity contribution < 1.29 is 5.76 Å². The van der Waals surface area contributed by atoms with E-state index in [4.69, 9.17) is 4.98 Å². The van der Waals surface area contributed by atoms with Crippen molar-refractivity contribution in [2.75, 3.05) is 17.2 Å². The number of pyridine rings is 2. The van der Waals surface area contributed by atoms with Crippen LogP contribution >= 0.6 is 0 Å². The summed E-state index contributed by atoms with van der Waals surface area (Å²) in [4.78, 5) is 8.89. The second-order valence-corrected chi connectivity index (χ2v) is 11.7. The molecule has 1 fully saturated rings. The summed E-state index contributed by atoms with van der Waals surface area (Å²) in [6, 6.07) is 14.8. The number of aromatic nitrogens is 2. The fourth-order valence-corrected chi connectivity index (χ4v) is 4.82. The normalized spacial score (nSPS) is 16.8. The first kappa shape index (κ1) is 25.3. The molecule has 6 rings (SSSR count). The third-order valence-electron chi connectivity index (χ3n) is 7.08. The van der Waals surface area contributed by atoms with E-state index in [1.807, 2.05) is 35.5 Å². The van der Waals surface area contributed by atoms with E-state index in [2.05, 4.69) is 53.4 Å². The Morgan fingerprint density at radius 2 is 1.93 bits per heavy atom. The van der Waals surface area contributed by atoms with Gasteiger partial charge in [-0.2, -0.15) is 5.26 Å². The molecule has 2 aromatic heterocycles. The maximum atomic E-state index is 14.0. The van der Waals surface area contributed by atoms with Gasteiger partial charge in [0.2, 0.25) is 0 Å². The number of benzene rings is 2. The summed E-state index contributed by atoms with van der Waals surface area (Å²) in [6.45, 7) is 7.02. The van der Waals surface area contributed by atoms with Gasteiger partial charge in [-0.05, 0) is 65.8 Å². The summed E-state index contributed by atoms with van der Waals surface area (Å²) in [5.41, 5.74) is 11.6. The Kier molecular flexibility index (Phi) is 6.61. The van der Waals surface area contributed by atoms with E-state index in [0.29, 0.717) is 40.8 Å². The van der Waals surface area contributed by atoms with Crippen LogP contribution in [-0.4, -0.2) is 27.6 Å². The van der Waals surface area contributed by atoms with Gasteiger partial charge >= 0.3 is 0 Å². The lowest BCUT2D eigenvalue weighted by molar-refractivity contribution is 0.260. The van der Waals surface area contributed by atoms with Crippen molar-refractivity contribution in [2.24, 2.45) is 5.41 Å². The van der Waals surface area contributed by atoms with E-state index >= 15 is 0 Å². The molecule has 208 valence electrons. The number of nitriles is 1. The van der Waals surface area contributed by atoms with Crippen LogP contribution in [0, 0.1) is 22.6 Å². The van der Waals surface area contributed by atoms with Crippen LogP contribution in [0.2, 0.25) is 0 Å². The maximum absolute atomic E-state index is 14.0. The van der Waals surface area contributed by atoms with Gasteiger partial charge in [0.1, 0.15) is 11.9 Å². The molecule has 2 aromatic carbocycles. The van der Waals surface area contributed by atoms with Crippen molar-refractivity contribution in [3.8, 4) is 17.2 Å². The third kappa shape index (κ3) is 5.79. The molecule has 4 aromatic rings. The van der Waals surface area contributed by atoms with Gasteiger partial charge in [-0.15, -0.1) is 5.53 Å². The second-order valence-electron chi connectivity index (χ2n) is 11.7. The van der Waals surface area contributed by atoms with Crippen LogP contribution in [0.3, 0.4) is 0 Å². The molecular formula is C32H33FN8. The van der Waals surface area contributed by atoms with E-state index in [0.717, 1.165) is 34.9 Å². The molecule has 1 unspecified atom stereocenters. The van der Waals surface area contributed by atoms with E-state index < -0.39 is 6.02 Å². The second kappa shape index (κ2) is 10.7. The SMILES string of the molecule is [2H]C(Nc1cc(-c2ccncc2)c2ncc(C#N)c(NCC(C)(C)C)c2c1)(C1=CN(C2CC2)NN1)c1ccc(F)cc1. The van der Waals surface area contributed by atoms with Crippen LogP contribution in [0.4, 0.5) is 15.8 Å². The molecule has 0 amide bonds. The zero-order chi connectivity index (χ0) is 29.5. The van der Waals surface area contributed by atoms with Gasteiger partial charge < -0.3 is 16.1 Å². The quantitative estimate of drug-likeness (QED) is 0.205. The lowest BCUT2D eigenvalue weighted by Gasteiger charge is -2.24. The molecule has 4 N–H and O–H groups in total. The number of anilines is 2. The highest BCUT2D eigenvalue weighted by Gasteiger charge is 2.32. The first-order valence-electron chi connectivity index (χ1n) is 14.2. The molecule has 0 radical (unpaired) electrons. The predicted molar refractivity (Wildman–Crippen MR) is 160 cm³/mol. The zero-order valence-corrected chi connectivity index (χ0v) is 23.3. The molecule has 0 bridgehead atoms. The predicted octanol–water partition coefficient (Wildman–Crippen LogP) is 6.25. The minimum absolute atomic E-state index is 0.0356. The molecule has 2 aliphatic rings. The molecule has 1 saturated carbocycles. The third-order valence-corrected chi connectivity index (χ3v) is 7.08. The molecular weight excluding hydrogens is 515 g/mol. The molecule has 1 atom stereocenters. The monoisotopic (exact) mass is 549 g/mol. The number of nitrogens with one attached hydrogen (secondary N) is 4. The number of rotatable bonds is 8. The lowest BCUT2D eigenvalue weighted by Crippen LogP contribution is -2.38. The Morgan fingerprint density at radius 1 is 1.17 bits per heavy atom. The van der Waals surface area contributed by atoms with Crippen LogP contribution in [0.25, 0.3) is 22.0 Å². The molecule has 0 saturated heterocycles. The Balaban J connectivity index is 1.53. The smallest absolute Gasteiger partial charge is 0.123 e. The molecule has 0 spiro atoms. The lowest BCUT2D eigenvalue weighted by atomic mass is 9.95. The van der Waals surface area contributed by atoms with Crippen molar-refractivity contribution in [2.45, 2.75) is 45.7 Å². The van der Waals surface area contributed by atoms with Crippen LogP contribution < -0.4 is 21.6 Å². The first-order chi connectivity index (χ1) is 20.1. The van der Waals surface area contributed by atoms with E-state index in [9.17, 15) is 11.0 Å². The highest BCUT2D eigenvalue weighted by molar-refractivity contribution is 6.04. The van der Waals surface area contributed by atoms with Gasteiger partial charge in [-0.3, -0.25) is 15.0 Å². The summed E-state index contributed by atoms with van der Waals surface area (Å²) in [5.74, 6) is -0.373. The van der Waals surface area contributed by atoms with Crippen LogP contribution in [0.5, 0.6) is 0 Å². The van der Waals surface area contributed by atoms with Crippen LogP contribution in [0.15, 0.2) is 79.0 Å². The van der Waals surface area contributed by atoms with E-state index in [-0.39, 0.29) is 11.2 Å². The topological polar surface area (TPSA) is 101 Å². The Labute approximate surface area is 240 Å². The van der Waals surface area contributed by atoms with Crippen molar-refractivity contribution in [3.05, 3.63) is 96.0 Å². The molecule has 8 nitrogen and oxygen atoms in total. The Morgan fingerprint density at radius 3 is 2.61 bits per heavy atom. The average Bonchev–Trinajstić information content (AvgIpc) is 3.71. The van der Waals surface area contributed by atoms with E-state index in [1.165, 1.54) is 12.1 Å². The number of halogens is 1. The number of hydrogen-bond donors (Lipinski definition) is 4. The highest BCUT2D eigenvalue weighted by Crippen LogP contribution is 2.38. The standard InChI is InChI=1S/C32H33FN8/c1-32(2,3)19-37-29-22(16-34)17-36-31-26(20-10-12-35-13-11-20)14-24(15-27(29)31)38-30(21-4-6-23(33)7-5-21)28-18-41(40-39-28)25-8-9-25/h4-7,10-15,17-18,25,30,38-40H,8-9,19H2,1-3H3,(H,36,37)/i30D. The fraction of sp³-hybridized carbons (Fsp3) is 0.281. The van der Waals surface area contributed by atoms with Gasteiger partial charge in [0.25, 0.3) is 0 Å². The largest absolute Gasteiger partial charge is 0.383 e. The van der Waals surface area contributed by atoms with Gasteiger partial charge in [0.05, 0.1) is 29.9 Å². The average molecular weight is 550 g/mol. The van der Waals surface area contributed by atoms with Gasteiger partial charge in [0, 0.05) is 54.0 Å². The Hall–Kier alpha value is -4.68. The number of hydrogen-bond acceptors (Lipinski definition) is 8. The van der Waals surface area contributed by atoms with Crippen LogP contribution in [-0.2, 0) is 0 Å². The summed E-state index contributed by atoms with van der Waals surface area (Å²) >= 11 is 0. The fourth-order valence-electron chi connectivity index (χ4n) is 4.82. The summed E-state index contributed by atoms with van der Waals surface area (Å²) in [6.07, 6.45) is 9.10. The number of fused-ring (bicyclic) bond motifs is 1. The maximum Gasteiger partial charge on any atom is 0.123 e. The van der Waals surface area contributed by atoms with Crippen molar-refractivity contribution in [3.63, 3.8) is 0 Å². The minimum atomic E-state index is -1.51. The van der Waals surface area contributed by atoms with E-state index in [1.54, 1.807) is 30.7 Å². The highest BCUT2D eigenvalue weighted by atomic mass is 19.1. The molecule has 3 heterocycles. The van der Waals surface area contributed by atoms with Crippen molar-refractivity contribution in [1.29, 1.82) is 5.26 Å². The van der Waals surface area contributed by atoms with Crippen molar-refractivity contribution >= 4 is 22.3 Å². The summed E-state index contributed by atoms with van der Waals surface area (Å²) in [7, 11) is 0. The zero-order valence-electron chi connectivity index (χ0n) is 24.3. The number of hydrazine groups is 2. The molecule has 1 aliphatic heterocycles. The van der Waals surface area contributed by atoms with Crippen LogP contribution in [0.1, 0.15) is 52.1 Å². The Bertz CT molecular complexity index is 1690. The van der Waals surface area contributed by atoms with Gasteiger partial charge in [0.15, 0.2) is 0 Å². The first-order valence-corrected chi connectivity index (χ1v) is 13.7. The summed E-state index contributed by atoms with van der Waals surface area (Å²) in [5, 5.41) is 19.7. The minimum Gasteiger partial charge on any atom is -0.383 e. The van der Waals surface area contributed by atoms with Gasteiger partial charge in [-0.25, -0.2) is 4.39 Å². The summed E-state index contributed by atoms with van der Waals surface area (Å²) < 4.78 is 23.7. The van der Waals surface area contributed by atoms with Gasteiger partial charge in [-0.1, -0.05) is 32.9 Å². The molecule has 1 aliphatic carbocycles.